The van der Waals surface area contributed by atoms with Crippen LogP contribution < -0.4 is 0 Å². The van der Waals surface area contributed by atoms with Crippen LogP contribution in [-0.4, -0.2) is 36.6 Å². The normalized spacial score (nSPS) is 12.1. The molecule has 3 rings (SSSR count). The van der Waals surface area contributed by atoms with Crippen molar-refractivity contribution in [1.82, 2.24) is 9.97 Å². The molecular weight excluding hydrogens is 440 g/mol. The number of rotatable bonds is 9. The average molecular weight is 471 g/mol. The lowest BCUT2D eigenvalue weighted by Gasteiger charge is -2.20. The molecule has 0 amide bonds. The highest BCUT2D eigenvalue weighted by molar-refractivity contribution is 7.86. The van der Waals surface area contributed by atoms with Gasteiger partial charge < -0.3 is 4.74 Å². The highest BCUT2D eigenvalue weighted by atomic mass is 32.2. The van der Waals surface area contributed by atoms with Gasteiger partial charge in [0.25, 0.3) is 10.1 Å². The van der Waals surface area contributed by atoms with E-state index in [0.29, 0.717) is 42.4 Å². The largest absolute Gasteiger partial charge is 0.455 e. The first-order valence-corrected chi connectivity index (χ1v) is 12.4. The first kappa shape index (κ1) is 24.8. The van der Waals surface area contributed by atoms with Crippen molar-refractivity contribution in [2.75, 3.05) is 6.61 Å². The van der Waals surface area contributed by atoms with E-state index in [9.17, 15) is 13.2 Å². The van der Waals surface area contributed by atoms with E-state index < -0.39 is 21.7 Å². The summed E-state index contributed by atoms with van der Waals surface area (Å²) in [6, 6.07) is 14.0. The molecule has 7 nitrogen and oxygen atoms in total. The Hall–Kier alpha value is -2.84. The van der Waals surface area contributed by atoms with Crippen LogP contribution in [0.5, 0.6) is 0 Å². The number of ether oxygens (including phenoxy) is 1. The molecule has 1 heterocycles. The molecule has 0 aliphatic heterocycles. The third-order valence-corrected chi connectivity index (χ3v) is 6.17. The van der Waals surface area contributed by atoms with Crippen LogP contribution in [0, 0.1) is 6.92 Å². The maximum absolute atomic E-state index is 12.7. The zero-order chi connectivity index (χ0) is 24.1. The lowest BCUT2D eigenvalue weighted by molar-refractivity contribution is 0.00613. The van der Waals surface area contributed by atoms with Crippen LogP contribution >= 0.6 is 0 Å². The smallest absolute Gasteiger partial charge is 0.359 e. The number of benzene rings is 2. The van der Waals surface area contributed by atoms with Crippen LogP contribution in [-0.2, 0) is 25.5 Å². The molecule has 0 aliphatic rings. The van der Waals surface area contributed by atoms with Crippen molar-refractivity contribution in [3.63, 3.8) is 0 Å². The van der Waals surface area contributed by atoms with Crippen LogP contribution in [0.25, 0.3) is 11.0 Å². The predicted octanol–water partition coefficient (Wildman–Crippen LogP) is 5.01. The Labute approximate surface area is 195 Å². The molecule has 0 N–H and O–H groups in total. The number of aryl methyl sites for hydroxylation is 2. The van der Waals surface area contributed by atoms with Crippen LogP contribution in [0.15, 0.2) is 53.4 Å². The van der Waals surface area contributed by atoms with Gasteiger partial charge in [0.2, 0.25) is 0 Å². The molecule has 0 bridgehead atoms. The van der Waals surface area contributed by atoms with E-state index in [1.54, 1.807) is 24.3 Å². The van der Waals surface area contributed by atoms with Crippen LogP contribution in [0.1, 0.15) is 61.8 Å². The highest BCUT2D eigenvalue weighted by Crippen LogP contribution is 2.19. The molecule has 0 aliphatic carbocycles. The number of hydrogen-bond donors (Lipinski definition) is 0. The second-order valence-electron chi connectivity index (χ2n) is 8.91. The van der Waals surface area contributed by atoms with Crippen LogP contribution in [0.2, 0.25) is 0 Å². The van der Waals surface area contributed by atoms with Crippen molar-refractivity contribution >= 4 is 27.1 Å². The summed E-state index contributed by atoms with van der Waals surface area (Å²) in [6.45, 7) is 7.42. The number of carbonyl (C=O) groups excluding carboxylic acids is 1. The number of aromatic nitrogens is 2. The number of carbonyl (C=O) groups is 1. The number of unbranched alkanes of at least 4 members (excludes halogenated alkanes) is 2. The number of hydrogen-bond acceptors (Lipinski definition) is 7. The van der Waals surface area contributed by atoms with E-state index >= 15 is 0 Å². The molecule has 0 radical (unpaired) electrons. The van der Waals surface area contributed by atoms with Gasteiger partial charge in [-0.2, -0.15) is 8.42 Å². The van der Waals surface area contributed by atoms with Gasteiger partial charge >= 0.3 is 5.97 Å². The molecule has 33 heavy (non-hydrogen) atoms. The standard InChI is InChI=1S/C25H30N2O5S/c1-18-13-15-19(16-14-18)33(29,30)31-17-9-5-6-12-22-23(24(28)32-25(2,3)4)27-21-11-8-7-10-20(21)26-22/h7-8,10-11,13-16H,5-6,9,12,17H2,1-4H3. The summed E-state index contributed by atoms with van der Waals surface area (Å²) in [7, 11) is -3.76. The maximum Gasteiger partial charge on any atom is 0.359 e. The average Bonchev–Trinajstić information content (AvgIpc) is 2.74. The van der Waals surface area contributed by atoms with Crippen LogP contribution in [0.3, 0.4) is 0 Å². The third kappa shape index (κ3) is 7.07. The number of para-hydroxylation sites is 2. The zero-order valence-electron chi connectivity index (χ0n) is 19.5. The minimum atomic E-state index is -3.76. The van der Waals surface area contributed by atoms with Gasteiger partial charge in [0.15, 0.2) is 5.69 Å². The van der Waals surface area contributed by atoms with E-state index in [0.717, 1.165) is 5.56 Å². The topological polar surface area (TPSA) is 95.5 Å². The van der Waals surface area contributed by atoms with E-state index in [-0.39, 0.29) is 17.2 Å². The summed E-state index contributed by atoms with van der Waals surface area (Å²) < 4.78 is 35.2. The fraction of sp³-hybridized carbons (Fsp3) is 0.400. The Morgan fingerprint density at radius 1 is 0.909 bits per heavy atom. The monoisotopic (exact) mass is 470 g/mol. The van der Waals surface area contributed by atoms with Gasteiger partial charge in [0.1, 0.15) is 5.60 Å². The zero-order valence-corrected chi connectivity index (χ0v) is 20.3. The summed E-state index contributed by atoms with van der Waals surface area (Å²) in [5.74, 6) is -0.497. The van der Waals surface area contributed by atoms with Gasteiger partial charge in [-0.15, -0.1) is 0 Å². The third-order valence-electron chi connectivity index (χ3n) is 4.84. The fourth-order valence-electron chi connectivity index (χ4n) is 3.21. The molecule has 0 saturated carbocycles. The summed E-state index contributed by atoms with van der Waals surface area (Å²) >= 11 is 0. The summed E-state index contributed by atoms with van der Waals surface area (Å²) in [6.07, 6.45) is 2.51. The second-order valence-corrected chi connectivity index (χ2v) is 10.5. The van der Waals surface area contributed by atoms with Gasteiger partial charge in [-0.05, 0) is 71.2 Å². The Morgan fingerprint density at radius 3 is 2.18 bits per heavy atom. The van der Waals surface area contributed by atoms with E-state index in [1.807, 2.05) is 52.0 Å². The van der Waals surface area contributed by atoms with Crippen molar-refractivity contribution in [1.29, 1.82) is 0 Å². The lowest BCUT2D eigenvalue weighted by Crippen LogP contribution is -2.25. The van der Waals surface area contributed by atoms with Gasteiger partial charge in [-0.1, -0.05) is 36.2 Å². The number of esters is 1. The Morgan fingerprint density at radius 2 is 1.55 bits per heavy atom. The van der Waals surface area contributed by atoms with Gasteiger partial charge in [-0.3, -0.25) is 4.18 Å². The fourth-order valence-corrected chi connectivity index (χ4v) is 4.16. The first-order chi connectivity index (χ1) is 15.5. The Bertz CT molecular complexity index is 1220. The molecular formula is C25H30N2O5S. The summed E-state index contributed by atoms with van der Waals surface area (Å²) in [5, 5.41) is 0. The van der Waals surface area contributed by atoms with Crippen molar-refractivity contribution < 1.29 is 22.1 Å². The molecule has 0 atom stereocenters. The molecule has 8 heteroatoms. The Kier molecular flexibility index (Phi) is 7.81. The molecule has 1 aromatic heterocycles. The molecule has 2 aromatic carbocycles. The van der Waals surface area contributed by atoms with E-state index in [4.69, 9.17) is 8.92 Å². The number of nitrogens with zero attached hydrogens (tertiary/aromatic N) is 2. The number of fused-ring (bicyclic) bond motifs is 1. The van der Waals surface area contributed by atoms with Crippen molar-refractivity contribution in [2.45, 2.75) is 63.9 Å². The van der Waals surface area contributed by atoms with Gasteiger partial charge in [0, 0.05) is 0 Å². The summed E-state index contributed by atoms with van der Waals surface area (Å²) in [4.78, 5) is 22.0. The van der Waals surface area contributed by atoms with Crippen LogP contribution in [0.4, 0.5) is 0 Å². The van der Waals surface area contributed by atoms with E-state index in [2.05, 4.69) is 9.97 Å². The Balaban J connectivity index is 1.59. The first-order valence-electron chi connectivity index (χ1n) is 11.0. The van der Waals surface area contributed by atoms with Crippen molar-refractivity contribution in [3.05, 3.63) is 65.5 Å². The van der Waals surface area contributed by atoms with Gasteiger partial charge in [0.05, 0.1) is 28.2 Å². The molecule has 0 fully saturated rings. The minimum Gasteiger partial charge on any atom is -0.455 e. The maximum atomic E-state index is 12.7. The second kappa shape index (κ2) is 10.4. The van der Waals surface area contributed by atoms with Crippen molar-refractivity contribution in [2.24, 2.45) is 0 Å². The molecule has 0 saturated heterocycles. The van der Waals surface area contributed by atoms with Gasteiger partial charge in [-0.25, -0.2) is 14.8 Å². The molecule has 176 valence electrons. The van der Waals surface area contributed by atoms with Crippen molar-refractivity contribution in [3.8, 4) is 0 Å². The molecule has 0 unspecified atom stereocenters. The lowest BCUT2D eigenvalue weighted by atomic mass is 10.1. The molecule has 3 aromatic rings. The predicted molar refractivity (Wildman–Crippen MR) is 127 cm³/mol. The quantitative estimate of drug-likeness (QED) is 0.246. The molecule has 0 spiro atoms. The highest BCUT2D eigenvalue weighted by Gasteiger charge is 2.23. The minimum absolute atomic E-state index is 0.0958. The summed E-state index contributed by atoms with van der Waals surface area (Å²) in [5.41, 5.74) is 2.50. The van der Waals surface area contributed by atoms with E-state index in [1.165, 1.54) is 0 Å². The SMILES string of the molecule is Cc1ccc(S(=O)(=O)OCCCCCc2nc3ccccc3nc2C(=O)OC(C)(C)C)cc1.